The number of aliphatic hydroxyl groups excluding tert-OH is 1. The first-order valence-electron chi connectivity index (χ1n) is 7.99. The van der Waals surface area contributed by atoms with E-state index >= 15 is 0 Å². The number of amides is 1. The number of pyridine rings is 2. The van der Waals surface area contributed by atoms with Crippen LogP contribution in [0.1, 0.15) is 22.4 Å². The minimum Gasteiger partial charge on any atom is -0.390 e. The zero-order valence-corrected chi connectivity index (χ0v) is 12.9. The molecule has 3 aromatic rings. The van der Waals surface area contributed by atoms with Gasteiger partial charge >= 0.3 is 0 Å². The maximum Gasteiger partial charge on any atom is 0.237 e. The van der Waals surface area contributed by atoms with Crippen molar-refractivity contribution in [2.75, 3.05) is 5.32 Å². The highest BCUT2D eigenvalue weighted by Gasteiger charge is 2.51. The van der Waals surface area contributed by atoms with Crippen LogP contribution < -0.4 is 5.32 Å². The Bertz CT molecular complexity index is 1010. The fraction of sp³-hybridized carbons (Fsp3) is 0.211. The summed E-state index contributed by atoms with van der Waals surface area (Å²) in [7, 11) is 0. The quantitative estimate of drug-likeness (QED) is 0.721. The fourth-order valence-electron chi connectivity index (χ4n) is 4.03. The number of aromatic nitrogens is 2. The number of hydrogen-bond donors (Lipinski definition) is 2. The SMILES string of the molecule is O=C1Nc2ncccc2[C@@]12Cc1cc3ccc(CO)nc3cc1C2. The Hall–Kier alpha value is -2.79. The number of hydrogen-bond acceptors (Lipinski definition) is 4. The minimum absolute atomic E-state index is 0.0282. The molecule has 1 atom stereocenters. The Kier molecular flexibility index (Phi) is 2.62. The molecule has 118 valence electrons. The monoisotopic (exact) mass is 317 g/mol. The molecular weight excluding hydrogens is 302 g/mol. The normalized spacial score (nSPS) is 21.1. The maximum absolute atomic E-state index is 12.7. The third kappa shape index (κ3) is 1.70. The third-order valence-electron chi connectivity index (χ3n) is 5.20. The number of carbonyl (C=O) groups is 1. The number of aliphatic hydroxyl groups is 1. The highest BCUT2D eigenvalue weighted by molar-refractivity contribution is 6.06. The van der Waals surface area contributed by atoms with Crippen molar-refractivity contribution in [2.45, 2.75) is 24.9 Å². The second-order valence-corrected chi connectivity index (χ2v) is 6.56. The molecule has 0 unspecified atom stereocenters. The average molecular weight is 317 g/mol. The highest BCUT2D eigenvalue weighted by Crippen LogP contribution is 2.47. The van der Waals surface area contributed by atoms with Gasteiger partial charge in [-0.05, 0) is 48.2 Å². The molecule has 2 aliphatic rings. The topological polar surface area (TPSA) is 75.1 Å². The summed E-state index contributed by atoms with van der Waals surface area (Å²) in [6, 6.07) is 11.9. The van der Waals surface area contributed by atoms with E-state index in [9.17, 15) is 9.90 Å². The number of benzene rings is 1. The van der Waals surface area contributed by atoms with E-state index in [2.05, 4.69) is 27.4 Å². The lowest BCUT2D eigenvalue weighted by molar-refractivity contribution is -0.120. The Balaban J connectivity index is 1.66. The molecule has 1 spiro atoms. The Morgan fingerprint density at radius 2 is 2.00 bits per heavy atom. The second kappa shape index (κ2) is 4.61. The van der Waals surface area contributed by atoms with Gasteiger partial charge in [-0.2, -0.15) is 0 Å². The molecule has 0 bridgehead atoms. The summed E-state index contributed by atoms with van der Waals surface area (Å²) in [6.07, 6.45) is 3.05. The molecule has 2 N–H and O–H groups in total. The maximum atomic E-state index is 12.7. The van der Waals surface area contributed by atoms with Crippen LogP contribution in [-0.4, -0.2) is 21.0 Å². The van der Waals surface area contributed by atoms with Crippen LogP contribution in [-0.2, 0) is 29.7 Å². The van der Waals surface area contributed by atoms with Crippen molar-refractivity contribution < 1.29 is 9.90 Å². The first kappa shape index (κ1) is 13.6. The molecule has 1 amide bonds. The van der Waals surface area contributed by atoms with Gasteiger partial charge in [-0.25, -0.2) is 4.98 Å². The van der Waals surface area contributed by atoms with E-state index in [0.29, 0.717) is 24.4 Å². The zero-order chi connectivity index (χ0) is 16.3. The van der Waals surface area contributed by atoms with Gasteiger partial charge in [0.05, 0.1) is 23.2 Å². The molecule has 1 aromatic carbocycles. The summed E-state index contributed by atoms with van der Waals surface area (Å²) in [5.41, 5.74) is 4.29. The van der Waals surface area contributed by atoms with Gasteiger partial charge in [0.15, 0.2) is 0 Å². The third-order valence-corrected chi connectivity index (χ3v) is 5.20. The summed E-state index contributed by atoms with van der Waals surface area (Å²) >= 11 is 0. The van der Waals surface area contributed by atoms with E-state index in [1.54, 1.807) is 6.20 Å². The lowest BCUT2D eigenvalue weighted by atomic mass is 9.79. The van der Waals surface area contributed by atoms with Crippen LogP contribution in [0.3, 0.4) is 0 Å². The zero-order valence-electron chi connectivity index (χ0n) is 12.9. The smallest absolute Gasteiger partial charge is 0.237 e. The van der Waals surface area contributed by atoms with E-state index in [1.165, 1.54) is 5.56 Å². The summed E-state index contributed by atoms with van der Waals surface area (Å²) in [4.78, 5) is 21.5. The molecule has 0 fully saturated rings. The largest absolute Gasteiger partial charge is 0.390 e. The number of rotatable bonds is 1. The van der Waals surface area contributed by atoms with Crippen LogP contribution in [0.4, 0.5) is 5.82 Å². The molecule has 24 heavy (non-hydrogen) atoms. The molecule has 0 radical (unpaired) electrons. The molecule has 1 aliphatic heterocycles. The van der Waals surface area contributed by atoms with E-state index in [1.807, 2.05) is 24.3 Å². The van der Waals surface area contributed by atoms with Gasteiger partial charge in [0.1, 0.15) is 5.82 Å². The standard InChI is InChI=1S/C19H15N3O2/c23-10-14-4-3-11-6-12-8-19(9-13(12)7-16(11)21-14)15-2-1-5-20-17(15)22-18(19)24/h1-7,23H,8-10H2,(H,20,22,24)/t19-/m0/s1. The number of nitrogens with one attached hydrogen (secondary N) is 1. The predicted octanol–water partition coefficient (Wildman–Crippen LogP) is 2.11. The van der Waals surface area contributed by atoms with Gasteiger partial charge in [-0.3, -0.25) is 9.78 Å². The molecule has 2 aromatic heterocycles. The summed E-state index contributed by atoms with van der Waals surface area (Å²) < 4.78 is 0. The van der Waals surface area contributed by atoms with Crippen LogP contribution in [0, 0.1) is 0 Å². The van der Waals surface area contributed by atoms with Gasteiger partial charge in [0.2, 0.25) is 5.91 Å². The number of carbonyl (C=O) groups excluding carboxylic acids is 1. The number of fused-ring (bicyclic) bond motifs is 4. The predicted molar refractivity (Wildman–Crippen MR) is 89.6 cm³/mol. The van der Waals surface area contributed by atoms with Gasteiger partial charge in [-0.1, -0.05) is 12.1 Å². The van der Waals surface area contributed by atoms with E-state index in [4.69, 9.17) is 0 Å². The van der Waals surface area contributed by atoms with Crippen LogP contribution in [0.2, 0.25) is 0 Å². The molecule has 5 nitrogen and oxygen atoms in total. The molecule has 0 saturated carbocycles. The first-order chi connectivity index (χ1) is 11.7. The van der Waals surface area contributed by atoms with Crippen molar-refractivity contribution in [2.24, 2.45) is 0 Å². The van der Waals surface area contributed by atoms with Crippen molar-refractivity contribution in [3.05, 3.63) is 65.0 Å². The molecule has 1 aliphatic carbocycles. The van der Waals surface area contributed by atoms with Crippen molar-refractivity contribution in [1.82, 2.24) is 9.97 Å². The van der Waals surface area contributed by atoms with E-state index in [0.717, 1.165) is 22.0 Å². The van der Waals surface area contributed by atoms with Crippen LogP contribution in [0.25, 0.3) is 10.9 Å². The van der Waals surface area contributed by atoms with Crippen LogP contribution in [0.5, 0.6) is 0 Å². The molecule has 5 rings (SSSR count). The molecule has 5 heteroatoms. The van der Waals surface area contributed by atoms with Crippen LogP contribution in [0.15, 0.2) is 42.6 Å². The number of anilines is 1. The molecule has 0 saturated heterocycles. The Labute approximate surface area is 138 Å². The lowest BCUT2D eigenvalue weighted by Crippen LogP contribution is -2.35. The van der Waals surface area contributed by atoms with Crippen molar-refractivity contribution >= 4 is 22.6 Å². The first-order valence-corrected chi connectivity index (χ1v) is 7.99. The van der Waals surface area contributed by atoms with E-state index in [-0.39, 0.29) is 12.5 Å². The molecular formula is C19H15N3O2. The van der Waals surface area contributed by atoms with Gasteiger partial charge < -0.3 is 10.4 Å². The average Bonchev–Trinajstić information content (AvgIpc) is 3.10. The summed E-state index contributed by atoms with van der Waals surface area (Å²) in [5, 5.41) is 13.2. The van der Waals surface area contributed by atoms with E-state index < -0.39 is 5.41 Å². The summed E-state index contributed by atoms with van der Waals surface area (Å²) in [5.74, 6) is 0.709. The van der Waals surface area contributed by atoms with Gasteiger partial charge in [-0.15, -0.1) is 0 Å². The van der Waals surface area contributed by atoms with Crippen molar-refractivity contribution in [3.8, 4) is 0 Å². The minimum atomic E-state index is -0.552. The van der Waals surface area contributed by atoms with Gasteiger partial charge in [0, 0.05) is 17.1 Å². The lowest BCUT2D eigenvalue weighted by Gasteiger charge is -2.20. The van der Waals surface area contributed by atoms with Crippen molar-refractivity contribution in [1.29, 1.82) is 0 Å². The van der Waals surface area contributed by atoms with Crippen molar-refractivity contribution in [3.63, 3.8) is 0 Å². The Morgan fingerprint density at radius 3 is 2.83 bits per heavy atom. The van der Waals surface area contributed by atoms with Gasteiger partial charge in [0.25, 0.3) is 0 Å². The fourth-order valence-corrected chi connectivity index (χ4v) is 4.03. The second-order valence-electron chi connectivity index (χ2n) is 6.56. The highest BCUT2D eigenvalue weighted by atomic mass is 16.3. The Morgan fingerprint density at radius 1 is 1.17 bits per heavy atom. The van der Waals surface area contributed by atoms with Crippen LogP contribution >= 0.6 is 0 Å². The number of nitrogens with zero attached hydrogens (tertiary/aromatic N) is 2. The molecule has 3 heterocycles. The summed E-state index contributed by atoms with van der Waals surface area (Å²) in [6.45, 7) is -0.0710.